The van der Waals surface area contributed by atoms with Crippen LogP contribution in [0.5, 0.6) is 0 Å². The van der Waals surface area contributed by atoms with Gasteiger partial charge in [-0.3, -0.25) is 10.2 Å². The second kappa shape index (κ2) is 7.93. The standard InChI is InChI=1S/C25H18N4OS2/c30-22-15-32-25(21-10-5-13-31-21)29(22)28-24-23(26-19-8-3-4-9-20(19)27-24)18-12-11-16-6-1-2-7-17(16)14-18/h1-14,25H,15H2,(H,27,28). The molecule has 0 aliphatic carbocycles. The number of amides is 1. The first kappa shape index (κ1) is 19.3. The molecule has 156 valence electrons. The molecule has 1 amide bonds. The van der Waals surface area contributed by atoms with Gasteiger partial charge >= 0.3 is 0 Å². The van der Waals surface area contributed by atoms with E-state index in [1.165, 1.54) is 5.39 Å². The Bertz CT molecular complexity index is 1450. The van der Waals surface area contributed by atoms with E-state index in [0.717, 1.165) is 32.6 Å². The molecule has 7 heteroatoms. The first-order valence-electron chi connectivity index (χ1n) is 10.3. The summed E-state index contributed by atoms with van der Waals surface area (Å²) in [6, 6.07) is 26.4. The molecule has 1 aliphatic heterocycles. The molecule has 6 rings (SSSR count). The van der Waals surface area contributed by atoms with E-state index in [0.29, 0.717) is 11.6 Å². The fourth-order valence-corrected chi connectivity index (χ4v) is 5.98. The third-order valence-corrected chi connectivity index (χ3v) is 7.74. The number of hydrazine groups is 1. The molecule has 32 heavy (non-hydrogen) atoms. The van der Waals surface area contributed by atoms with E-state index in [1.807, 2.05) is 47.8 Å². The Morgan fingerprint density at radius 2 is 1.66 bits per heavy atom. The summed E-state index contributed by atoms with van der Waals surface area (Å²) in [5.41, 5.74) is 6.61. The molecule has 0 saturated carbocycles. The van der Waals surface area contributed by atoms with Crippen molar-refractivity contribution in [3.63, 3.8) is 0 Å². The molecule has 3 aromatic carbocycles. The highest BCUT2D eigenvalue weighted by molar-refractivity contribution is 8.00. The lowest BCUT2D eigenvalue weighted by Crippen LogP contribution is -2.34. The Balaban J connectivity index is 1.48. The zero-order chi connectivity index (χ0) is 21.5. The minimum atomic E-state index is -0.0831. The van der Waals surface area contributed by atoms with E-state index >= 15 is 0 Å². The first-order chi connectivity index (χ1) is 15.8. The summed E-state index contributed by atoms with van der Waals surface area (Å²) in [5.74, 6) is 1.05. The number of para-hydroxylation sites is 2. The zero-order valence-electron chi connectivity index (χ0n) is 16.9. The van der Waals surface area contributed by atoms with Crippen LogP contribution in [-0.2, 0) is 4.79 Å². The van der Waals surface area contributed by atoms with Crippen LogP contribution < -0.4 is 5.43 Å². The number of nitrogens with one attached hydrogen (secondary N) is 1. The molecule has 3 heterocycles. The van der Waals surface area contributed by atoms with Gasteiger partial charge in [0.2, 0.25) is 0 Å². The lowest BCUT2D eigenvalue weighted by molar-refractivity contribution is -0.126. The summed E-state index contributed by atoms with van der Waals surface area (Å²) in [6.07, 6.45) is 0. The lowest BCUT2D eigenvalue weighted by Gasteiger charge is -2.25. The van der Waals surface area contributed by atoms with Gasteiger partial charge < -0.3 is 0 Å². The van der Waals surface area contributed by atoms with Crippen LogP contribution in [0, 0.1) is 0 Å². The molecule has 1 aliphatic rings. The van der Waals surface area contributed by atoms with Crippen molar-refractivity contribution in [3.8, 4) is 11.3 Å². The van der Waals surface area contributed by atoms with Crippen molar-refractivity contribution in [2.45, 2.75) is 5.37 Å². The highest BCUT2D eigenvalue weighted by Crippen LogP contribution is 2.41. The largest absolute Gasteiger partial charge is 0.276 e. The zero-order valence-corrected chi connectivity index (χ0v) is 18.6. The Hall–Kier alpha value is -3.42. The third kappa shape index (κ3) is 3.39. The van der Waals surface area contributed by atoms with Gasteiger partial charge in [-0.25, -0.2) is 15.0 Å². The quantitative estimate of drug-likeness (QED) is 0.355. The van der Waals surface area contributed by atoms with Gasteiger partial charge in [0.15, 0.2) is 5.82 Å². The number of rotatable bonds is 4. The molecule has 1 unspecified atom stereocenters. The normalized spacial score (nSPS) is 16.2. The average Bonchev–Trinajstić information content (AvgIpc) is 3.49. The first-order valence-corrected chi connectivity index (χ1v) is 12.2. The SMILES string of the molecule is O=C1CSC(c2cccs2)N1Nc1nc2ccccc2nc1-c1ccc2ccccc2c1. The number of carbonyl (C=O) groups excluding carboxylic acids is 1. The van der Waals surface area contributed by atoms with Crippen LogP contribution in [0.1, 0.15) is 10.3 Å². The highest BCUT2D eigenvalue weighted by atomic mass is 32.2. The Morgan fingerprint density at radius 3 is 2.47 bits per heavy atom. The molecule has 5 aromatic rings. The smallest absolute Gasteiger partial charge is 0.252 e. The number of thiophene rings is 1. The number of aromatic nitrogens is 2. The van der Waals surface area contributed by atoms with Crippen LogP contribution in [0.25, 0.3) is 33.1 Å². The van der Waals surface area contributed by atoms with Gasteiger partial charge in [0.1, 0.15) is 11.1 Å². The topological polar surface area (TPSA) is 58.1 Å². The second-order valence-electron chi connectivity index (χ2n) is 7.53. The predicted molar refractivity (Wildman–Crippen MR) is 132 cm³/mol. The monoisotopic (exact) mass is 454 g/mol. The highest BCUT2D eigenvalue weighted by Gasteiger charge is 2.34. The molecule has 1 atom stereocenters. The van der Waals surface area contributed by atoms with E-state index in [-0.39, 0.29) is 11.3 Å². The lowest BCUT2D eigenvalue weighted by atomic mass is 10.0. The fraction of sp³-hybridized carbons (Fsp3) is 0.0800. The average molecular weight is 455 g/mol. The molecule has 1 saturated heterocycles. The van der Waals surface area contributed by atoms with Crippen molar-refractivity contribution in [1.29, 1.82) is 0 Å². The van der Waals surface area contributed by atoms with Crippen LogP contribution in [0.15, 0.2) is 84.2 Å². The van der Waals surface area contributed by atoms with Crippen molar-refractivity contribution in [3.05, 3.63) is 89.1 Å². The fourth-order valence-electron chi connectivity index (χ4n) is 3.92. The van der Waals surface area contributed by atoms with Crippen molar-refractivity contribution >= 4 is 56.6 Å². The minimum absolute atomic E-state index is 0.0350. The van der Waals surface area contributed by atoms with Crippen molar-refractivity contribution in [1.82, 2.24) is 15.0 Å². The van der Waals surface area contributed by atoms with Crippen molar-refractivity contribution in [2.24, 2.45) is 0 Å². The van der Waals surface area contributed by atoms with Gasteiger partial charge in [-0.2, -0.15) is 0 Å². The number of carbonyl (C=O) groups is 1. The summed E-state index contributed by atoms with van der Waals surface area (Å²) in [4.78, 5) is 23.7. The van der Waals surface area contributed by atoms with E-state index in [1.54, 1.807) is 28.1 Å². The van der Waals surface area contributed by atoms with E-state index < -0.39 is 0 Å². The van der Waals surface area contributed by atoms with Gasteiger partial charge in [0, 0.05) is 10.4 Å². The van der Waals surface area contributed by atoms with Gasteiger partial charge in [-0.1, -0.05) is 54.6 Å². The number of hydrogen-bond acceptors (Lipinski definition) is 6. The van der Waals surface area contributed by atoms with Gasteiger partial charge in [-0.15, -0.1) is 23.1 Å². The van der Waals surface area contributed by atoms with Gasteiger partial charge in [0.25, 0.3) is 5.91 Å². The maximum atomic E-state index is 12.8. The van der Waals surface area contributed by atoms with Crippen LogP contribution in [0.4, 0.5) is 5.82 Å². The number of benzene rings is 3. The van der Waals surface area contributed by atoms with Crippen molar-refractivity contribution < 1.29 is 4.79 Å². The number of thioether (sulfide) groups is 1. The summed E-state index contributed by atoms with van der Waals surface area (Å²) in [7, 11) is 0. The molecule has 5 nitrogen and oxygen atoms in total. The molecular formula is C25H18N4OS2. The summed E-state index contributed by atoms with van der Waals surface area (Å²) in [5, 5.41) is 5.95. The minimum Gasteiger partial charge on any atom is -0.276 e. The van der Waals surface area contributed by atoms with Crippen LogP contribution in [0.2, 0.25) is 0 Å². The summed E-state index contributed by atoms with van der Waals surface area (Å²) < 4.78 is 0. The number of nitrogens with zero attached hydrogens (tertiary/aromatic N) is 3. The second-order valence-corrected chi connectivity index (χ2v) is 9.57. The third-order valence-electron chi connectivity index (χ3n) is 5.47. The van der Waals surface area contributed by atoms with Crippen LogP contribution in [-0.4, -0.2) is 26.6 Å². The van der Waals surface area contributed by atoms with Gasteiger partial charge in [0.05, 0.1) is 16.8 Å². The van der Waals surface area contributed by atoms with E-state index in [2.05, 4.69) is 41.8 Å². The van der Waals surface area contributed by atoms with Crippen LogP contribution >= 0.6 is 23.1 Å². The molecule has 0 bridgehead atoms. The Kier molecular flexibility index (Phi) is 4.78. The van der Waals surface area contributed by atoms with Crippen LogP contribution in [0.3, 0.4) is 0 Å². The Labute approximate surface area is 193 Å². The predicted octanol–water partition coefficient (Wildman–Crippen LogP) is 6.11. The Morgan fingerprint density at radius 1 is 0.875 bits per heavy atom. The molecule has 1 N–H and O–H groups in total. The van der Waals surface area contributed by atoms with E-state index in [9.17, 15) is 4.79 Å². The maximum absolute atomic E-state index is 12.8. The number of fused-ring (bicyclic) bond motifs is 2. The maximum Gasteiger partial charge on any atom is 0.252 e. The summed E-state index contributed by atoms with van der Waals surface area (Å²) in [6.45, 7) is 0. The number of hydrogen-bond donors (Lipinski definition) is 1. The molecular weight excluding hydrogens is 436 g/mol. The molecule has 0 radical (unpaired) electrons. The van der Waals surface area contributed by atoms with Crippen molar-refractivity contribution in [2.75, 3.05) is 11.2 Å². The van der Waals surface area contributed by atoms with Gasteiger partial charge in [-0.05, 0) is 40.4 Å². The number of anilines is 1. The molecule has 1 fully saturated rings. The molecule has 2 aromatic heterocycles. The van der Waals surface area contributed by atoms with E-state index in [4.69, 9.17) is 9.97 Å². The summed E-state index contributed by atoms with van der Waals surface area (Å²) >= 11 is 3.27. The molecule has 0 spiro atoms.